The molecule has 1 aliphatic carbocycles. The Balaban J connectivity index is 1.82. The molecule has 1 fully saturated rings. The summed E-state index contributed by atoms with van der Waals surface area (Å²) in [6.07, 6.45) is 6.95. The van der Waals surface area contributed by atoms with E-state index < -0.39 is 0 Å². The molecule has 1 aliphatic rings. The van der Waals surface area contributed by atoms with Crippen LogP contribution in [0.4, 0.5) is 0 Å². The highest BCUT2D eigenvalue weighted by Gasteiger charge is 2.37. The van der Waals surface area contributed by atoms with Crippen molar-refractivity contribution < 1.29 is 0 Å². The van der Waals surface area contributed by atoms with E-state index >= 15 is 0 Å². The van der Waals surface area contributed by atoms with Crippen molar-refractivity contribution in [3.8, 4) is 0 Å². The van der Waals surface area contributed by atoms with E-state index in [0.717, 1.165) is 13.0 Å². The van der Waals surface area contributed by atoms with Crippen LogP contribution < -0.4 is 5.32 Å². The summed E-state index contributed by atoms with van der Waals surface area (Å²) in [5.74, 6) is 0. The Hall–Kier alpha value is -0.830. The third kappa shape index (κ3) is 4.34. The smallest absolute Gasteiger partial charge is 0.0637 e. The lowest BCUT2D eigenvalue weighted by Gasteiger charge is -2.45. The quantitative estimate of drug-likeness (QED) is 0.904. The van der Waals surface area contributed by atoms with Crippen LogP contribution in [-0.2, 0) is 13.5 Å². The van der Waals surface area contributed by atoms with Crippen molar-refractivity contribution in [1.29, 1.82) is 0 Å². The Morgan fingerprint density at radius 1 is 1.26 bits per heavy atom. The van der Waals surface area contributed by atoms with Crippen LogP contribution in [0.3, 0.4) is 0 Å². The van der Waals surface area contributed by atoms with Crippen molar-refractivity contribution >= 4 is 0 Å². The molecule has 1 aromatic heterocycles. The molecular weight excluding hydrogens is 234 g/mol. The molecule has 0 unspecified atom stereocenters. The van der Waals surface area contributed by atoms with Gasteiger partial charge < -0.3 is 5.32 Å². The average molecular weight is 263 g/mol. The van der Waals surface area contributed by atoms with Crippen molar-refractivity contribution in [2.75, 3.05) is 6.54 Å². The van der Waals surface area contributed by atoms with Gasteiger partial charge in [-0.3, -0.25) is 4.68 Å². The minimum absolute atomic E-state index is 0.463. The normalized spacial score (nSPS) is 22.6. The second kappa shape index (κ2) is 5.28. The minimum Gasteiger partial charge on any atom is -0.314 e. The lowest BCUT2D eigenvalue weighted by molar-refractivity contribution is 0.0854. The SMILES string of the molecule is Cn1ccc(CCNC2CC(C)(C)CC(C)(C)C2)n1. The molecule has 0 spiro atoms. The fourth-order valence-corrected chi connectivity index (χ4v) is 3.99. The lowest BCUT2D eigenvalue weighted by Crippen LogP contribution is -2.44. The highest BCUT2D eigenvalue weighted by Crippen LogP contribution is 2.45. The molecule has 108 valence electrons. The molecule has 3 heteroatoms. The number of aromatic nitrogens is 2. The molecule has 0 bridgehead atoms. The van der Waals surface area contributed by atoms with Crippen LogP contribution in [0, 0.1) is 10.8 Å². The first kappa shape index (κ1) is 14.6. The number of rotatable bonds is 4. The first-order valence-electron chi connectivity index (χ1n) is 7.48. The summed E-state index contributed by atoms with van der Waals surface area (Å²) in [6, 6.07) is 2.76. The van der Waals surface area contributed by atoms with Crippen molar-refractivity contribution in [2.45, 2.75) is 59.4 Å². The van der Waals surface area contributed by atoms with Crippen LogP contribution in [0.5, 0.6) is 0 Å². The molecule has 0 aromatic carbocycles. The second-order valence-corrected chi connectivity index (χ2v) is 7.80. The van der Waals surface area contributed by atoms with Gasteiger partial charge in [0.05, 0.1) is 5.69 Å². The number of hydrogen-bond acceptors (Lipinski definition) is 2. The zero-order valence-electron chi connectivity index (χ0n) is 13.2. The van der Waals surface area contributed by atoms with Gasteiger partial charge in [0.1, 0.15) is 0 Å². The van der Waals surface area contributed by atoms with Crippen LogP contribution >= 0.6 is 0 Å². The lowest BCUT2D eigenvalue weighted by atomic mass is 9.63. The highest BCUT2D eigenvalue weighted by molar-refractivity contribution is 4.99. The Morgan fingerprint density at radius 3 is 2.42 bits per heavy atom. The molecule has 3 nitrogen and oxygen atoms in total. The van der Waals surface area contributed by atoms with Gasteiger partial charge in [-0.1, -0.05) is 27.7 Å². The van der Waals surface area contributed by atoms with E-state index in [-0.39, 0.29) is 0 Å². The fourth-order valence-electron chi connectivity index (χ4n) is 3.99. The highest BCUT2D eigenvalue weighted by atomic mass is 15.2. The van der Waals surface area contributed by atoms with Gasteiger partial charge in [-0.05, 0) is 36.2 Å². The summed E-state index contributed by atoms with van der Waals surface area (Å²) in [4.78, 5) is 0. The van der Waals surface area contributed by atoms with Crippen LogP contribution in [0.1, 0.15) is 52.7 Å². The van der Waals surface area contributed by atoms with Gasteiger partial charge in [-0.25, -0.2) is 0 Å². The van der Waals surface area contributed by atoms with E-state index in [1.165, 1.54) is 25.0 Å². The molecule has 0 radical (unpaired) electrons. The van der Waals surface area contributed by atoms with E-state index in [1.807, 2.05) is 17.9 Å². The Labute approximate surface area is 117 Å². The predicted molar refractivity (Wildman–Crippen MR) is 80.1 cm³/mol. The first-order chi connectivity index (χ1) is 8.76. The molecular formula is C16H29N3. The molecule has 0 saturated heterocycles. The monoisotopic (exact) mass is 263 g/mol. The molecule has 1 saturated carbocycles. The summed E-state index contributed by atoms with van der Waals surface area (Å²) in [6.45, 7) is 10.7. The maximum atomic E-state index is 4.43. The molecule has 0 amide bonds. The van der Waals surface area contributed by atoms with E-state index in [0.29, 0.717) is 16.9 Å². The van der Waals surface area contributed by atoms with Crippen molar-refractivity contribution in [2.24, 2.45) is 17.9 Å². The van der Waals surface area contributed by atoms with Gasteiger partial charge in [0.2, 0.25) is 0 Å². The summed E-state index contributed by atoms with van der Waals surface area (Å²) < 4.78 is 1.88. The summed E-state index contributed by atoms with van der Waals surface area (Å²) >= 11 is 0. The molecule has 0 aliphatic heterocycles. The molecule has 1 N–H and O–H groups in total. The average Bonchev–Trinajstić information content (AvgIpc) is 2.59. The van der Waals surface area contributed by atoms with Crippen LogP contribution in [0.2, 0.25) is 0 Å². The fraction of sp³-hybridized carbons (Fsp3) is 0.812. The van der Waals surface area contributed by atoms with E-state index in [2.05, 4.69) is 44.2 Å². The number of nitrogens with zero attached hydrogens (tertiary/aromatic N) is 2. The first-order valence-corrected chi connectivity index (χ1v) is 7.48. The van der Waals surface area contributed by atoms with Gasteiger partial charge in [0.25, 0.3) is 0 Å². The standard InChI is InChI=1S/C16H29N3/c1-15(2)10-14(11-16(3,4)12-15)17-8-6-13-7-9-19(5)18-13/h7,9,14,17H,6,8,10-12H2,1-5H3. The maximum Gasteiger partial charge on any atom is 0.0637 e. The number of hydrogen-bond donors (Lipinski definition) is 1. The van der Waals surface area contributed by atoms with E-state index in [1.54, 1.807) is 0 Å². The van der Waals surface area contributed by atoms with Crippen molar-refractivity contribution in [1.82, 2.24) is 15.1 Å². The van der Waals surface area contributed by atoms with E-state index in [9.17, 15) is 0 Å². The Morgan fingerprint density at radius 2 is 1.89 bits per heavy atom. The van der Waals surface area contributed by atoms with Gasteiger partial charge in [0, 0.05) is 32.3 Å². The third-order valence-corrected chi connectivity index (χ3v) is 4.14. The zero-order valence-corrected chi connectivity index (χ0v) is 13.2. The van der Waals surface area contributed by atoms with Crippen LogP contribution in [0.15, 0.2) is 12.3 Å². The van der Waals surface area contributed by atoms with Gasteiger partial charge in [-0.15, -0.1) is 0 Å². The van der Waals surface area contributed by atoms with Crippen LogP contribution in [-0.4, -0.2) is 22.4 Å². The third-order valence-electron chi connectivity index (χ3n) is 4.14. The summed E-state index contributed by atoms with van der Waals surface area (Å²) in [7, 11) is 1.98. The van der Waals surface area contributed by atoms with Gasteiger partial charge >= 0.3 is 0 Å². The summed E-state index contributed by atoms with van der Waals surface area (Å²) in [5, 5.41) is 8.17. The maximum absolute atomic E-state index is 4.43. The largest absolute Gasteiger partial charge is 0.314 e. The molecule has 1 heterocycles. The summed E-state index contributed by atoms with van der Waals surface area (Å²) in [5.41, 5.74) is 2.11. The Kier molecular flexibility index (Phi) is 4.05. The van der Waals surface area contributed by atoms with Crippen LogP contribution in [0.25, 0.3) is 0 Å². The van der Waals surface area contributed by atoms with Crippen molar-refractivity contribution in [3.05, 3.63) is 18.0 Å². The topological polar surface area (TPSA) is 29.9 Å². The molecule has 19 heavy (non-hydrogen) atoms. The number of aryl methyl sites for hydroxylation is 1. The minimum atomic E-state index is 0.463. The van der Waals surface area contributed by atoms with E-state index in [4.69, 9.17) is 0 Å². The zero-order chi connectivity index (χ0) is 14.1. The molecule has 0 atom stereocenters. The van der Waals surface area contributed by atoms with Gasteiger partial charge in [-0.2, -0.15) is 5.10 Å². The van der Waals surface area contributed by atoms with Crippen molar-refractivity contribution in [3.63, 3.8) is 0 Å². The Bertz CT molecular complexity index is 401. The van der Waals surface area contributed by atoms with Gasteiger partial charge in [0.15, 0.2) is 0 Å². The predicted octanol–water partition coefficient (Wildman–Crippen LogP) is 3.16. The number of nitrogens with one attached hydrogen (secondary N) is 1. The molecule has 2 rings (SSSR count). The molecule has 1 aromatic rings. The second-order valence-electron chi connectivity index (χ2n) is 7.80.